The molecular weight excluding hydrogens is 270 g/mol. The Labute approximate surface area is 122 Å². The van der Waals surface area contributed by atoms with Gasteiger partial charge in [0, 0.05) is 19.0 Å². The van der Waals surface area contributed by atoms with Gasteiger partial charge >= 0.3 is 0 Å². The SMILES string of the molecule is NC(=O)C1CCN(CN2C(=O)c3ccccc3C2=O)CC1. The molecule has 0 aliphatic carbocycles. The van der Waals surface area contributed by atoms with Crippen molar-refractivity contribution in [3.05, 3.63) is 35.4 Å². The molecule has 1 aromatic carbocycles. The number of hydrogen-bond donors (Lipinski definition) is 1. The Bertz CT molecular complexity index is 571. The van der Waals surface area contributed by atoms with Gasteiger partial charge in [0.25, 0.3) is 11.8 Å². The molecule has 0 spiro atoms. The van der Waals surface area contributed by atoms with Crippen molar-refractivity contribution in [3.63, 3.8) is 0 Å². The van der Waals surface area contributed by atoms with E-state index in [2.05, 4.69) is 0 Å². The molecule has 6 heteroatoms. The first kappa shape index (κ1) is 13.8. The molecule has 0 radical (unpaired) electrons. The van der Waals surface area contributed by atoms with Crippen molar-refractivity contribution in [2.45, 2.75) is 12.8 Å². The number of hydrogen-bond acceptors (Lipinski definition) is 4. The Morgan fingerprint density at radius 1 is 1.10 bits per heavy atom. The van der Waals surface area contributed by atoms with Crippen LogP contribution in [0.15, 0.2) is 24.3 Å². The van der Waals surface area contributed by atoms with E-state index in [1.54, 1.807) is 24.3 Å². The van der Waals surface area contributed by atoms with Crippen LogP contribution in [0.5, 0.6) is 0 Å². The smallest absolute Gasteiger partial charge is 0.262 e. The molecule has 6 nitrogen and oxygen atoms in total. The number of carbonyl (C=O) groups excluding carboxylic acids is 3. The lowest BCUT2D eigenvalue weighted by molar-refractivity contribution is -0.123. The van der Waals surface area contributed by atoms with Crippen molar-refractivity contribution in [2.24, 2.45) is 11.7 Å². The number of amides is 3. The van der Waals surface area contributed by atoms with E-state index in [4.69, 9.17) is 5.73 Å². The number of rotatable bonds is 3. The van der Waals surface area contributed by atoms with Crippen LogP contribution < -0.4 is 5.73 Å². The van der Waals surface area contributed by atoms with Crippen molar-refractivity contribution in [3.8, 4) is 0 Å². The number of piperidine rings is 1. The molecule has 1 fully saturated rings. The van der Waals surface area contributed by atoms with E-state index in [9.17, 15) is 14.4 Å². The van der Waals surface area contributed by atoms with Gasteiger partial charge in [0.2, 0.25) is 5.91 Å². The number of fused-ring (bicyclic) bond motifs is 1. The summed E-state index contributed by atoms with van der Waals surface area (Å²) >= 11 is 0. The number of primary amides is 1. The van der Waals surface area contributed by atoms with Crippen molar-refractivity contribution < 1.29 is 14.4 Å². The number of carbonyl (C=O) groups is 3. The molecule has 1 aromatic rings. The third-order valence-corrected chi connectivity index (χ3v) is 4.21. The van der Waals surface area contributed by atoms with E-state index in [0.717, 1.165) is 0 Å². The summed E-state index contributed by atoms with van der Waals surface area (Å²) in [5.41, 5.74) is 6.24. The first-order valence-electron chi connectivity index (χ1n) is 7.05. The van der Waals surface area contributed by atoms with E-state index in [1.807, 2.05) is 4.90 Å². The second-order valence-electron chi connectivity index (χ2n) is 5.52. The maximum Gasteiger partial charge on any atom is 0.262 e. The molecule has 0 atom stereocenters. The summed E-state index contributed by atoms with van der Waals surface area (Å²) in [5.74, 6) is -0.848. The van der Waals surface area contributed by atoms with Gasteiger partial charge < -0.3 is 5.73 Å². The first-order valence-corrected chi connectivity index (χ1v) is 7.05. The van der Waals surface area contributed by atoms with Crippen LogP contribution in [0.2, 0.25) is 0 Å². The lowest BCUT2D eigenvalue weighted by atomic mass is 9.97. The highest BCUT2D eigenvalue weighted by Crippen LogP contribution is 2.24. The molecule has 0 unspecified atom stereocenters. The first-order chi connectivity index (χ1) is 10.1. The molecule has 0 saturated carbocycles. The Morgan fingerprint density at radius 3 is 2.10 bits per heavy atom. The average molecular weight is 287 g/mol. The predicted octanol–water partition coefficient (Wildman–Crippen LogP) is 0.437. The summed E-state index contributed by atoms with van der Waals surface area (Å²) in [6.07, 6.45) is 1.36. The number of nitrogens with zero attached hydrogens (tertiary/aromatic N) is 2. The molecule has 0 aromatic heterocycles. The number of imide groups is 1. The van der Waals surface area contributed by atoms with Crippen LogP contribution in [0.25, 0.3) is 0 Å². The predicted molar refractivity (Wildman–Crippen MR) is 75.3 cm³/mol. The zero-order chi connectivity index (χ0) is 15.0. The molecule has 2 N–H and O–H groups in total. The van der Waals surface area contributed by atoms with Crippen LogP contribution in [0, 0.1) is 5.92 Å². The lowest BCUT2D eigenvalue weighted by Gasteiger charge is -2.32. The van der Waals surface area contributed by atoms with Gasteiger partial charge in [0.05, 0.1) is 17.8 Å². The standard InChI is InChI=1S/C15H17N3O3/c16-13(19)10-5-7-17(8-6-10)9-18-14(20)11-3-1-2-4-12(11)15(18)21/h1-4,10H,5-9H2,(H2,16,19). The van der Waals surface area contributed by atoms with Gasteiger partial charge in [-0.2, -0.15) is 0 Å². The average Bonchev–Trinajstić information content (AvgIpc) is 2.73. The maximum atomic E-state index is 12.3. The second-order valence-corrected chi connectivity index (χ2v) is 5.52. The Hall–Kier alpha value is -2.21. The molecule has 110 valence electrons. The van der Waals surface area contributed by atoms with Crippen LogP contribution in [-0.4, -0.2) is 47.3 Å². The highest BCUT2D eigenvalue weighted by atomic mass is 16.2. The van der Waals surface area contributed by atoms with Crippen LogP contribution in [-0.2, 0) is 4.79 Å². The van der Waals surface area contributed by atoms with Gasteiger partial charge in [-0.1, -0.05) is 12.1 Å². The summed E-state index contributed by atoms with van der Waals surface area (Å²) in [6, 6.07) is 6.86. The van der Waals surface area contributed by atoms with E-state index in [1.165, 1.54) is 4.90 Å². The zero-order valence-corrected chi connectivity index (χ0v) is 11.6. The second kappa shape index (κ2) is 5.29. The highest BCUT2D eigenvalue weighted by molar-refractivity contribution is 6.21. The van der Waals surface area contributed by atoms with Crippen molar-refractivity contribution in [1.29, 1.82) is 0 Å². The highest BCUT2D eigenvalue weighted by Gasteiger charge is 2.36. The summed E-state index contributed by atoms with van der Waals surface area (Å²) in [4.78, 5) is 38.9. The summed E-state index contributed by atoms with van der Waals surface area (Å²) in [6.45, 7) is 1.61. The summed E-state index contributed by atoms with van der Waals surface area (Å²) in [7, 11) is 0. The molecule has 1 saturated heterocycles. The number of nitrogens with two attached hydrogens (primary N) is 1. The van der Waals surface area contributed by atoms with E-state index in [-0.39, 0.29) is 30.3 Å². The Balaban J connectivity index is 1.67. The molecule has 3 rings (SSSR count). The third-order valence-electron chi connectivity index (χ3n) is 4.21. The quantitative estimate of drug-likeness (QED) is 0.817. The molecule has 3 amide bonds. The van der Waals surface area contributed by atoms with Crippen LogP contribution in [0.3, 0.4) is 0 Å². The summed E-state index contributed by atoms with van der Waals surface area (Å²) in [5, 5.41) is 0. The molecule has 2 aliphatic heterocycles. The molecule has 2 aliphatic rings. The molecule has 21 heavy (non-hydrogen) atoms. The van der Waals surface area contributed by atoms with Gasteiger partial charge in [0.1, 0.15) is 0 Å². The van der Waals surface area contributed by atoms with Crippen LogP contribution in [0.4, 0.5) is 0 Å². The van der Waals surface area contributed by atoms with Gasteiger partial charge in [-0.05, 0) is 25.0 Å². The van der Waals surface area contributed by atoms with Gasteiger partial charge in [0.15, 0.2) is 0 Å². The minimum absolute atomic E-state index is 0.0940. The fraction of sp³-hybridized carbons (Fsp3) is 0.400. The summed E-state index contributed by atoms with van der Waals surface area (Å²) < 4.78 is 0. The third kappa shape index (κ3) is 2.42. The van der Waals surface area contributed by atoms with E-state index in [0.29, 0.717) is 37.1 Å². The Kier molecular flexibility index (Phi) is 3.47. The fourth-order valence-corrected chi connectivity index (χ4v) is 2.93. The van der Waals surface area contributed by atoms with Crippen molar-refractivity contribution in [2.75, 3.05) is 19.8 Å². The minimum atomic E-state index is -0.268. The fourth-order valence-electron chi connectivity index (χ4n) is 2.93. The van der Waals surface area contributed by atoms with Crippen molar-refractivity contribution in [1.82, 2.24) is 9.80 Å². The Morgan fingerprint density at radius 2 is 1.62 bits per heavy atom. The molecular formula is C15H17N3O3. The normalized spacial score (nSPS) is 19.9. The van der Waals surface area contributed by atoms with Crippen molar-refractivity contribution >= 4 is 17.7 Å². The van der Waals surface area contributed by atoms with Gasteiger partial charge in [-0.15, -0.1) is 0 Å². The molecule has 0 bridgehead atoms. The van der Waals surface area contributed by atoms with Crippen LogP contribution in [0.1, 0.15) is 33.6 Å². The van der Waals surface area contributed by atoms with E-state index < -0.39 is 0 Å². The maximum absolute atomic E-state index is 12.3. The lowest BCUT2D eigenvalue weighted by Crippen LogP contribution is -2.46. The van der Waals surface area contributed by atoms with Gasteiger partial charge in [-0.25, -0.2) is 0 Å². The largest absolute Gasteiger partial charge is 0.369 e. The van der Waals surface area contributed by atoms with Gasteiger partial charge in [-0.3, -0.25) is 24.2 Å². The molecule has 2 heterocycles. The topological polar surface area (TPSA) is 83.7 Å². The number of likely N-dealkylation sites (tertiary alicyclic amines) is 1. The monoisotopic (exact) mass is 287 g/mol. The number of benzene rings is 1. The van der Waals surface area contributed by atoms with Crippen LogP contribution >= 0.6 is 0 Å². The minimum Gasteiger partial charge on any atom is -0.369 e. The zero-order valence-electron chi connectivity index (χ0n) is 11.6. The van der Waals surface area contributed by atoms with E-state index >= 15 is 0 Å².